The number of carboxylic acid groups (broad SMARTS) is 1. The molecule has 116 valence electrons. The summed E-state index contributed by atoms with van der Waals surface area (Å²) in [6.45, 7) is 1.35. The number of rotatable bonds is 7. The third kappa shape index (κ3) is 5.41. The Labute approximate surface area is 122 Å². The van der Waals surface area contributed by atoms with Crippen molar-refractivity contribution in [3.63, 3.8) is 0 Å². The maximum Gasteiger partial charge on any atom is 0.408 e. The number of aliphatic carboxylic acids is 1. The van der Waals surface area contributed by atoms with E-state index in [2.05, 4.69) is 5.32 Å². The monoisotopic (exact) mass is 296 g/mol. The maximum absolute atomic E-state index is 11.6. The van der Waals surface area contributed by atoms with Gasteiger partial charge in [-0.25, -0.2) is 9.59 Å². The smallest absolute Gasteiger partial charge is 0.408 e. The summed E-state index contributed by atoms with van der Waals surface area (Å²) in [5, 5.41) is 20.3. The maximum atomic E-state index is 11.6. The van der Waals surface area contributed by atoms with E-state index in [-0.39, 0.29) is 13.2 Å². The topological polar surface area (TPSA) is 122 Å². The van der Waals surface area contributed by atoms with Gasteiger partial charge in [0.05, 0.1) is 0 Å². The molecule has 0 saturated heterocycles. The molecule has 7 heteroatoms. The Morgan fingerprint density at radius 1 is 1.33 bits per heavy atom. The zero-order valence-electron chi connectivity index (χ0n) is 11.7. The Morgan fingerprint density at radius 2 is 1.95 bits per heavy atom. The first kappa shape index (κ1) is 16.9. The number of nitrogens with two attached hydrogens (primary N) is 1. The van der Waals surface area contributed by atoms with Crippen molar-refractivity contribution in [3.8, 4) is 0 Å². The van der Waals surface area contributed by atoms with Crippen LogP contribution in [-0.2, 0) is 16.1 Å². The molecule has 0 heterocycles. The summed E-state index contributed by atoms with van der Waals surface area (Å²) >= 11 is 0. The molecule has 0 aromatic heterocycles. The average Bonchev–Trinajstić information content (AvgIpc) is 2.49. The van der Waals surface area contributed by atoms with Gasteiger partial charge in [-0.05, 0) is 11.5 Å². The van der Waals surface area contributed by atoms with Gasteiger partial charge in [0.1, 0.15) is 12.6 Å². The van der Waals surface area contributed by atoms with Crippen molar-refractivity contribution >= 4 is 12.1 Å². The second-order valence-corrected chi connectivity index (χ2v) is 4.76. The van der Waals surface area contributed by atoms with Crippen LogP contribution in [-0.4, -0.2) is 41.0 Å². The van der Waals surface area contributed by atoms with Gasteiger partial charge in [0.15, 0.2) is 0 Å². The average molecular weight is 296 g/mol. The van der Waals surface area contributed by atoms with Crippen molar-refractivity contribution < 1.29 is 24.5 Å². The van der Waals surface area contributed by atoms with Crippen molar-refractivity contribution in [1.82, 2.24) is 5.32 Å². The first-order chi connectivity index (χ1) is 9.95. The summed E-state index contributed by atoms with van der Waals surface area (Å²) in [6.07, 6.45) is -0.869. The van der Waals surface area contributed by atoms with Gasteiger partial charge in [0, 0.05) is 12.6 Å². The Bertz CT molecular complexity index is 466. The van der Waals surface area contributed by atoms with Crippen LogP contribution in [0.5, 0.6) is 0 Å². The lowest BCUT2D eigenvalue weighted by Crippen LogP contribution is -2.55. The summed E-state index contributed by atoms with van der Waals surface area (Å²) in [5.74, 6) is -1.75. The summed E-state index contributed by atoms with van der Waals surface area (Å²) in [7, 11) is 0. The number of nitrogens with one attached hydrogen (secondary N) is 1. The highest BCUT2D eigenvalue weighted by molar-refractivity contribution is 5.80. The van der Waals surface area contributed by atoms with E-state index in [0.29, 0.717) is 0 Å². The fraction of sp³-hybridized carbons (Fsp3) is 0.429. The zero-order valence-corrected chi connectivity index (χ0v) is 11.7. The highest BCUT2D eigenvalue weighted by Gasteiger charge is 2.31. The number of benzene rings is 1. The van der Waals surface area contributed by atoms with E-state index in [1.165, 1.54) is 0 Å². The summed E-state index contributed by atoms with van der Waals surface area (Å²) < 4.78 is 4.94. The van der Waals surface area contributed by atoms with Crippen molar-refractivity contribution in [3.05, 3.63) is 35.9 Å². The van der Waals surface area contributed by atoms with Crippen molar-refractivity contribution in [2.75, 3.05) is 6.61 Å². The second kappa shape index (κ2) is 8.23. The molecule has 0 bridgehead atoms. The largest absolute Gasteiger partial charge is 0.480 e. The SMILES string of the molecule is CC(CO)C(N)C(NC(=O)OCc1ccccc1)C(=O)O. The number of amides is 1. The van der Waals surface area contributed by atoms with E-state index in [1.54, 1.807) is 31.2 Å². The minimum Gasteiger partial charge on any atom is -0.480 e. The number of aliphatic hydroxyl groups is 1. The van der Waals surface area contributed by atoms with Crippen LogP contribution in [0.4, 0.5) is 4.79 Å². The van der Waals surface area contributed by atoms with Crippen molar-refractivity contribution in [1.29, 1.82) is 0 Å². The molecule has 1 aromatic rings. The number of alkyl carbamates (subject to hydrolysis) is 1. The third-order valence-electron chi connectivity index (χ3n) is 3.08. The number of aliphatic hydroxyl groups excluding tert-OH is 1. The highest BCUT2D eigenvalue weighted by atomic mass is 16.5. The molecule has 3 atom stereocenters. The van der Waals surface area contributed by atoms with E-state index in [0.717, 1.165) is 5.56 Å². The number of carbonyl (C=O) groups excluding carboxylic acids is 1. The second-order valence-electron chi connectivity index (χ2n) is 4.76. The summed E-state index contributed by atoms with van der Waals surface area (Å²) in [4.78, 5) is 22.8. The van der Waals surface area contributed by atoms with Crippen molar-refractivity contribution in [2.24, 2.45) is 11.7 Å². The van der Waals surface area contributed by atoms with E-state index in [4.69, 9.17) is 20.7 Å². The first-order valence-electron chi connectivity index (χ1n) is 6.52. The minimum atomic E-state index is -1.32. The van der Waals surface area contributed by atoms with Crippen LogP contribution in [0.3, 0.4) is 0 Å². The minimum absolute atomic E-state index is 0.0316. The lowest BCUT2D eigenvalue weighted by molar-refractivity contribution is -0.140. The molecule has 21 heavy (non-hydrogen) atoms. The molecule has 0 aliphatic rings. The quantitative estimate of drug-likeness (QED) is 0.575. The van der Waals surface area contributed by atoms with Crippen LogP contribution in [0.25, 0.3) is 0 Å². The molecule has 0 radical (unpaired) electrons. The molecule has 1 amide bonds. The van der Waals surface area contributed by atoms with Crippen LogP contribution in [0.1, 0.15) is 12.5 Å². The lowest BCUT2D eigenvalue weighted by Gasteiger charge is -2.25. The molecule has 0 aliphatic carbocycles. The van der Waals surface area contributed by atoms with Gasteiger partial charge in [-0.3, -0.25) is 0 Å². The lowest BCUT2D eigenvalue weighted by atomic mass is 9.96. The Balaban J connectivity index is 2.55. The molecule has 0 spiro atoms. The van der Waals surface area contributed by atoms with Gasteiger partial charge in [-0.2, -0.15) is 0 Å². The normalized spacial score (nSPS) is 14.8. The zero-order chi connectivity index (χ0) is 15.8. The van der Waals surface area contributed by atoms with Gasteiger partial charge in [0.2, 0.25) is 0 Å². The number of hydrogen-bond donors (Lipinski definition) is 4. The van der Waals surface area contributed by atoms with Crippen LogP contribution in [0, 0.1) is 5.92 Å². The first-order valence-corrected chi connectivity index (χ1v) is 6.52. The predicted molar refractivity (Wildman–Crippen MR) is 75.4 cm³/mol. The molecular weight excluding hydrogens is 276 g/mol. The molecular formula is C14H20N2O5. The Hall–Kier alpha value is -2.12. The van der Waals surface area contributed by atoms with Crippen LogP contribution >= 0.6 is 0 Å². The molecule has 1 rings (SSSR count). The number of ether oxygens (including phenoxy) is 1. The molecule has 5 N–H and O–H groups in total. The van der Waals surface area contributed by atoms with Crippen LogP contribution in [0.2, 0.25) is 0 Å². The molecule has 0 fully saturated rings. The number of carbonyl (C=O) groups is 2. The van der Waals surface area contributed by atoms with Gasteiger partial charge in [-0.1, -0.05) is 37.3 Å². The van der Waals surface area contributed by atoms with E-state index in [9.17, 15) is 9.59 Å². The predicted octanol–water partition coefficient (Wildman–Crippen LogP) is 0.322. The molecule has 0 aliphatic heterocycles. The highest BCUT2D eigenvalue weighted by Crippen LogP contribution is 2.06. The molecule has 1 aromatic carbocycles. The summed E-state index contributed by atoms with van der Waals surface area (Å²) in [5.41, 5.74) is 6.50. The number of carboxylic acids is 1. The standard InChI is InChI=1S/C14H20N2O5/c1-9(7-17)11(15)12(13(18)19)16-14(20)21-8-10-5-3-2-4-6-10/h2-6,9,11-12,17H,7-8,15H2,1H3,(H,16,20)(H,18,19). The molecule has 3 unspecified atom stereocenters. The fourth-order valence-electron chi connectivity index (χ4n) is 1.66. The fourth-order valence-corrected chi connectivity index (χ4v) is 1.66. The summed E-state index contributed by atoms with van der Waals surface area (Å²) in [6, 6.07) is 6.75. The Morgan fingerprint density at radius 3 is 2.48 bits per heavy atom. The van der Waals surface area contributed by atoms with E-state index in [1.807, 2.05) is 6.07 Å². The Kier molecular flexibility index (Phi) is 6.64. The third-order valence-corrected chi connectivity index (χ3v) is 3.08. The van der Waals surface area contributed by atoms with Gasteiger partial charge in [-0.15, -0.1) is 0 Å². The van der Waals surface area contributed by atoms with Crippen LogP contribution < -0.4 is 11.1 Å². The molecule has 0 saturated carbocycles. The van der Waals surface area contributed by atoms with Gasteiger partial charge in [0.25, 0.3) is 0 Å². The van der Waals surface area contributed by atoms with Gasteiger partial charge < -0.3 is 26.0 Å². The van der Waals surface area contributed by atoms with E-state index < -0.39 is 30.1 Å². The van der Waals surface area contributed by atoms with Crippen molar-refractivity contribution in [2.45, 2.75) is 25.6 Å². The molecule has 7 nitrogen and oxygen atoms in total. The van der Waals surface area contributed by atoms with E-state index >= 15 is 0 Å². The number of hydrogen-bond acceptors (Lipinski definition) is 5. The van der Waals surface area contributed by atoms with Gasteiger partial charge >= 0.3 is 12.1 Å². The van der Waals surface area contributed by atoms with Crippen LogP contribution in [0.15, 0.2) is 30.3 Å².